The minimum atomic E-state index is -0.794. The van der Waals surface area contributed by atoms with Gasteiger partial charge in [0.1, 0.15) is 13.2 Å². The number of ether oxygens (including phenoxy) is 3. The van der Waals surface area contributed by atoms with Crippen molar-refractivity contribution < 1.29 is 28.6 Å². The van der Waals surface area contributed by atoms with Gasteiger partial charge in [0.05, 0.1) is 0 Å². The molecule has 0 saturated heterocycles. The second-order valence-corrected chi connectivity index (χ2v) is 21.0. The predicted octanol–water partition coefficient (Wildman–Crippen LogP) is 21.3. The first-order chi connectivity index (χ1) is 36.0. The molecule has 0 bridgehead atoms. The Morgan fingerprint density at radius 2 is 0.493 bits per heavy atom. The third-order valence-electron chi connectivity index (χ3n) is 13.7. The van der Waals surface area contributed by atoms with E-state index in [9.17, 15) is 14.4 Å². The SMILES string of the molecule is CCCCC/C=C\C/C=C\C/C=C\C/C=C\CCCCCC(=O)OC[C@H](COC(=O)CCCCCCCCCCCCC/C=C\CCCCCCCC)OC(=O)CCCCCCC/C=C\CCCCCCCC. The Hall–Kier alpha value is -3.15. The lowest BCUT2D eigenvalue weighted by atomic mass is 10.0. The third kappa shape index (κ3) is 59.6. The maximum atomic E-state index is 12.9. The molecule has 1 atom stereocenters. The van der Waals surface area contributed by atoms with Crippen LogP contribution in [-0.4, -0.2) is 37.2 Å². The molecule has 0 aliphatic heterocycles. The van der Waals surface area contributed by atoms with Crippen LogP contribution in [0.4, 0.5) is 0 Å². The molecule has 73 heavy (non-hydrogen) atoms. The summed E-state index contributed by atoms with van der Waals surface area (Å²) in [6, 6.07) is 0. The lowest BCUT2D eigenvalue weighted by Gasteiger charge is -2.18. The molecule has 0 N–H and O–H groups in total. The summed E-state index contributed by atoms with van der Waals surface area (Å²) in [6.45, 7) is 6.60. The first kappa shape index (κ1) is 69.8. The molecule has 0 radical (unpaired) electrons. The van der Waals surface area contributed by atoms with Crippen molar-refractivity contribution >= 4 is 17.9 Å². The zero-order valence-corrected chi connectivity index (χ0v) is 48.4. The highest BCUT2D eigenvalue weighted by molar-refractivity contribution is 5.71. The minimum absolute atomic E-state index is 0.0880. The maximum absolute atomic E-state index is 12.9. The molecule has 0 heterocycles. The van der Waals surface area contributed by atoms with Crippen LogP contribution in [-0.2, 0) is 28.6 Å². The van der Waals surface area contributed by atoms with E-state index in [4.69, 9.17) is 14.2 Å². The molecule has 0 spiro atoms. The number of carbonyl (C=O) groups excluding carboxylic acids is 3. The van der Waals surface area contributed by atoms with Crippen molar-refractivity contribution in [3.63, 3.8) is 0 Å². The molecule has 6 heteroatoms. The van der Waals surface area contributed by atoms with Crippen molar-refractivity contribution in [2.75, 3.05) is 13.2 Å². The fraction of sp³-hybridized carbons (Fsp3) is 0.776. The van der Waals surface area contributed by atoms with Crippen molar-refractivity contribution in [3.05, 3.63) is 72.9 Å². The smallest absolute Gasteiger partial charge is 0.306 e. The molecule has 0 aliphatic carbocycles. The zero-order valence-electron chi connectivity index (χ0n) is 48.4. The van der Waals surface area contributed by atoms with Gasteiger partial charge in [0.2, 0.25) is 0 Å². The summed E-state index contributed by atoms with van der Waals surface area (Å²) in [5.74, 6) is -0.917. The molecule has 0 aliphatic rings. The first-order valence-electron chi connectivity index (χ1n) is 31.4. The molecule has 0 aromatic rings. The van der Waals surface area contributed by atoms with Crippen LogP contribution in [0.1, 0.15) is 316 Å². The van der Waals surface area contributed by atoms with Crippen LogP contribution in [0.3, 0.4) is 0 Å². The van der Waals surface area contributed by atoms with Crippen LogP contribution in [0.2, 0.25) is 0 Å². The van der Waals surface area contributed by atoms with Crippen LogP contribution >= 0.6 is 0 Å². The predicted molar refractivity (Wildman–Crippen MR) is 316 cm³/mol. The van der Waals surface area contributed by atoms with Crippen molar-refractivity contribution in [1.82, 2.24) is 0 Å². The number of carbonyl (C=O) groups is 3. The second kappa shape index (κ2) is 61.4. The Bertz CT molecular complexity index is 1360. The Kier molecular flexibility index (Phi) is 58.7. The lowest BCUT2D eigenvalue weighted by molar-refractivity contribution is -0.167. The molecule has 0 fully saturated rings. The topological polar surface area (TPSA) is 78.9 Å². The van der Waals surface area contributed by atoms with Gasteiger partial charge in [-0.25, -0.2) is 0 Å². The van der Waals surface area contributed by atoms with Gasteiger partial charge in [0.25, 0.3) is 0 Å². The molecule has 0 aromatic carbocycles. The van der Waals surface area contributed by atoms with E-state index < -0.39 is 6.10 Å². The largest absolute Gasteiger partial charge is 0.462 e. The van der Waals surface area contributed by atoms with Gasteiger partial charge in [0, 0.05) is 19.3 Å². The average molecular weight is 1020 g/mol. The van der Waals surface area contributed by atoms with Gasteiger partial charge in [-0.3, -0.25) is 14.4 Å². The number of hydrogen-bond donors (Lipinski definition) is 0. The van der Waals surface area contributed by atoms with Crippen LogP contribution in [0.15, 0.2) is 72.9 Å². The van der Waals surface area contributed by atoms with Crippen molar-refractivity contribution in [1.29, 1.82) is 0 Å². The fourth-order valence-corrected chi connectivity index (χ4v) is 8.89. The van der Waals surface area contributed by atoms with Gasteiger partial charge in [-0.15, -0.1) is 0 Å². The molecular formula is C67H118O6. The molecule has 0 rings (SSSR count). The molecule has 0 unspecified atom stereocenters. The first-order valence-corrected chi connectivity index (χ1v) is 31.4. The Balaban J connectivity index is 4.40. The van der Waals surface area contributed by atoms with E-state index in [1.807, 2.05) is 0 Å². The lowest BCUT2D eigenvalue weighted by Crippen LogP contribution is -2.30. The highest BCUT2D eigenvalue weighted by Crippen LogP contribution is 2.16. The van der Waals surface area contributed by atoms with Crippen LogP contribution < -0.4 is 0 Å². The molecule has 6 nitrogen and oxygen atoms in total. The normalized spacial score (nSPS) is 12.5. The summed E-state index contributed by atoms with van der Waals surface area (Å²) >= 11 is 0. The van der Waals surface area contributed by atoms with Crippen LogP contribution in [0, 0.1) is 0 Å². The second-order valence-electron chi connectivity index (χ2n) is 21.0. The minimum Gasteiger partial charge on any atom is -0.462 e. The number of unbranched alkanes of at least 4 members (excludes halogenated alkanes) is 34. The maximum Gasteiger partial charge on any atom is 0.306 e. The van der Waals surface area contributed by atoms with E-state index in [1.54, 1.807) is 0 Å². The van der Waals surface area contributed by atoms with Gasteiger partial charge in [-0.2, -0.15) is 0 Å². The number of allylic oxidation sites excluding steroid dienone is 12. The summed E-state index contributed by atoms with van der Waals surface area (Å²) in [6.07, 6.45) is 79.0. The van der Waals surface area contributed by atoms with E-state index in [0.29, 0.717) is 19.3 Å². The molecule has 0 amide bonds. The van der Waals surface area contributed by atoms with E-state index in [2.05, 4.69) is 93.7 Å². The number of hydrogen-bond acceptors (Lipinski definition) is 6. The molecule has 0 aromatic heterocycles. The van der Waals surface area contributed by atoms with Crippen molar-refractivity contribution in [3.8, 4) is 0 Å². The molecule has 422 valence electrons. The summed E-state index contributed by atoms with van der Waals surface area (Å²) in [5, 5.41) is 0. The standard InChI is InChI=1S/C67H118O6/c1-4-7-10-13-16-19-22-25-28-30-32-33-35-37-40-42-45-48-51-54-57-60-66(69)72-63-64(73-67(70)61-58-55-52-49-46-43-38-27-24-21-18-15-12-9-6-3)62-71-65(68)59-56-53-50-47-44-41-39-36-34-31-29-26-23-20-17-14-11-8-5-2/h17,20,25-29,34,36,38,41,44,64H,4-16,18-19,21-24,30-33,35,37,39-40,42-43,45-63H2,1-3H3/b20-17-,28-25-,29-26-,36-34-,38-27-,44-41-/t64-/m1/s1. The highest BCUT2D eigenvalue weighted by atomic mass is 16.6. The van der Waals surface area contributed by atoms with Crippen molar-refractivity contribution in [2.24, 2.45) is 0 Å². The summed E-state index contributed by atoms with van der Waals surface area (Å²) < 4.78 is 16.9. The van der Waals surface area contributed by atoms with Gasteiger partial charge in [-0.1, -0.05) is 254 Å². The van der Waals surface area contributed by atoms with Crippen molar-refractivity contribution in [2.45, 2.75) is 322 Å². The summed E-state index contributed by atoms with van der Waals surface area (Å²) in [4.78, 5) is 38.3. The Morgan fingerprint density at radius 3 is 0.822 bits per heavy atom. The third-order valence-corrected chi connectivity index (χ3v) is 13.7. The quantitative estimate of drug-likeness (QED) is 0.0261. The summed E-state index contributed by atoms with van der Waals surface area (Å²) in [5.41, 5.74) is 0. The monoisotopic (exact) mass is 1020 g/mol. The highest BCUT2D eigenvalue weighted by Gasteiger charge is 2.19. The van der Waals surface area contributed by atoms with E-state index in [0.717, 1.165) is 96.3 Å². The summed E-state index contributed by atoms with van der Waals surface area (Å²) in [7, 11) is 0. The van der Waals surface area contributed by atoms with E-state index in [1.165, 1.54) is 180 Å². The van der Waals surface area contributed by atoms with Gasteiger partial charge in [0.15, 0.2) is 6.10 Å². The molecular weight excluding hydrogens is 901 g/mol. The Labute approximate surface area is 453 Å². The Morgan fingerprint density at radius 1 is 0.274 bits per heavy atom. The van der Waals surface area contributed by atoms with E-state index >= 15 is 0 Å². The average Bonchev–Trinajstić information content (AvgIpc) is 3.39. The fourth-order valence-electron chi connectivity index (χ4n) is 8.89. The molecule has 0 saturated carbocycles. The number of rotatable bonds is 57. The number of esters is 3. The van der Waals surface area contributed by atoms with Crippen LogP contribution in [0.25, 0.3) is 0 Å². The van der Waals surface area contributed by atoms with Crippen LogP contribution in [0.5, 0.6) is 0 Å². The van der Waals surface area contributed by atoms with Gasteiger partial charge < -0.3 is 14.2 Å². The van der Waals surface area contributed by atoms with Gasteiger partial charge in [-0.05, 0) is 116 Å². The zero-order chi connectivity index (χ0) is 52.9. The van der Waals surface area contributed by atoms with Gasteiger partial charge >= 0.3 is 17.9 Å². The van der Waals surface area contributed by atoms with E-state index in [-0.39, 0.29) is 31.1 Å².